The molecule has 6 rings (SSSR count). The van der Waals surface area contributed by atoms with E-state index >= 15 is 0 Å². The molecule has 0 aliphatic heterocycles. The van der Waals surface area contributed by atoms with Crippen molar-refractivity contribution in [2.45, 2.75) is 113 Å². The number of ether oxygens (including phenoxy) is 1. The molecule has 4 saturated carbocycles. The van der Waals surface area contributed by atoms with Crippen molar-refractivity contribution in [3.8, 4) is 0 Å². The zero-order valence-corrected chi connectivity index (χ0v) is 26.6. The minimum atomic E-state index is -0.417. The predicted molar refractivity (Wildman–Crippen MR) is 164 cm³/mol. The van der Waals surface area contributed by atoms with E-state index in [9.17, 15) is 10.0 Å². The molecule has 0 spiro atoms. The minimum Gasteiger partial charge on any atom is -0.460 e. The maximum Gasteiger partial charge on any atom is 0.313 e. The number of carbonyl (C=O) groups is 1. The lowest BCUT2D eigenvalue weighted by Gasteiger charge is -2.71. The van der Waals surface area contributed by atoms with Gasteiger partial charge < -0.3 is 9.94 Å². The number of esters is 1. The molecule has 3 unspecified atom stereocenters. The Kier molecular flexibility index (Phi) is 6.87. The standard InChI is InChI=1S/C37H53NO3/c1-24-15-18-37(32(39)41-23-26-11-9-8-10-12-26)20-19-35(6)28(31(37)25(24)2)13-14-30-34(5)22-27(38-40)21-33(3,4)29(34)16-17-36(30,35)7/h8-13,24-25,29-31,40H,14-23H2,1-7H3/b38-27+/t24-,25+,29?,30?,31?,34+,35-,36-,37+/m1/s1. The number of fused-ring (bicyclic) bond motifs is 7. The summed E-state index contributed by atoms with van der Waals surface area (Å²) >= 11 is 0. The van der Waals surface area contributed by atoms with Gasteiger partial charge >= 0.3 is 5.97 Å². The van der Waals surface area contributed by atoms with Gasteiger partial charge in [-0.3, -0.25) is 4.79 Å². The number of hydrogen-bond donors (Lipinski definition) is 1. The molecule has 1 aromatic carbocycles. The molecule has 0 aromatic heterocycles. The van der Waals surface area contributed by atoms with Crippen molar-refractivity contribution in [2.24, 2.45) is 61.8 Å². The Labute approximate surface area is 248 Å². The van der Waals surface area contributed by atoms with E-state index in [2.05, 4.69) is 59.7 Å². The van der Waals surface area contributed by atoms with Crippen molar-refractivity contribution in [1.82, 2.24) is 0 Å². The largest absolute Gasteiger partial charge is 0.460 e. The predicted octanol–water partition coefficient (Wildman–Crippen LogP) is 9.22. The van der Waals surface area contributed by atoms with Crippen LogP contribution in [0.3, 0.4) is 0 Å². The summed E-state index contributed by atoms with van der Waals surface area (Å²) in [5.41, 5.74) is 3.65. The van der Waals surface area contributed by atoms with Crippen molar-refractivity contribution in [2.75, 3.05) is 0 Å². The highest BCUT2D eigenvalue weighted by atomic mass is 16.5. The molecule has 4 heteroatoms. The Hall–Kier alpha value is -2.10. The Morgan fingerprint density at radius 1 is 0.951 bits per heavy atom. The van der Waals surface area contributed by atoms with Gasteiger partial charge in [-0.15, -0.1) is 0 Å². The third kappa shape index (κ3) is 4.04. The zero-order valence-electron chi connectivity index (χ0n) is 26.6. The molecule has 9 atom stereocenters. The molecule has 0 bridgehead atoms. The average molecular weight is 560 g/mol. The van der Waals surface area contributed by atoms with Crippen molar-refractivity contribution in [3.05, 3.63) is 47.5 Å². The summed E-state index contributed by atoms with van der Waals surface area (Å²) in [5.74, 6) is 2.49. The van der Waals surface area contributed by atoms with Gasteiger partial charge in [0, 0.05) is 0 Å². The zero-order chi connectivity index (χ0) is 29.4. The Morgan fingerprint density at radius 3 is 2.39 bits per heavy atom. The van der Waals surface area contributed by atoms with Crippen LogP contribution in [0.15, 0.2) is 47.1 Å². The number of rotatable bonds is 3. The molecule has 5 aliphatic carbocycles. The van der Waals surface area contributed by atoms with E-state index in [1.165, 1.54) is 12.8 Å². The molecule has 4 nitrogen and oxygen atoms in total. The highest BCUT2D eigenvalue weighted by Crippen LogP contribution is 2.75. The summed E-state index contributed by atoms with van der Waals surface area (Å²) in [6.45, 7) is 17.7. The van der Waals surface area contributed by atoms with Crippen LogP contribution >= 0.6 is 0 Å². The smallest absolute Gasteiger partial charge is 0.313 e. The molecule has 4 fully saturated rings. The van der Waals surface area contributed by atoms with Crippen LogP contribution in [0.5, 0.6) is 0 Å². The monoisotopic (exact) mass is 559 g/mol. The average Bonchev–Trinajstić information content (AvgIpc) is 2.93. The van der Waals surface area contributed by atoms with E-state index in [0.29, 0.717) is 30.3 Å². The maximum atomic E-state index is 14.2. The second-order valence-corrected chi connectivity index (χ2v) is 16.4. The summed E-state index contributed by atoms with van der Waals surface area (Å²) < 4.78 is 6.19. The van der Waals surface area contributed by atoms with Crippen molar-refractivity contribution in [3.63, 3.8) is 0 Å². The Morgan fingerprint density at radius 2 is 1.68 bits per heavy atom. The van der Waals surface area contributed by atoms with Crippen LogP contribution in [-0.4, -0.2) is 16.9 Å². The van der Waals surface area contributed by atoms with Gasteiger partial charge in [0.2, 0.25) is 0 Å². The number of allylic oxidation sites excluding steroid dienone is 2. The molecule has 1 N–H and O–H groups in total. The summed E-state index contributed by atoms with van der Waals surface area (Å²) in [6.07, 6.45) is 12.0. The summed E-state index contributed by atoms with van der Waals surface area (Å²) in [4.78, 5) is 14.2. The van der Waals surface area contributed by atoms with Crippen molar-refractivity contribution < 1.29 is 14.7 Å². The van der Waals surface area contributed by atoms with Crippen LogP contribution in [0.2, 0.25) is 0 Å². The first kappa shape index (κ1) is 29.0. The molecule has 5 aliphatic rings. The third-order valence-electron chi connectivity index (χ3n) is 14.2. The highest BCUT2D eigenvalue weighted by Gasteiger charge is 2.69. The molecule has 1 aromatic rings. The van der Waals surface area contributed by atoms with Gasteiger partial charge in [-0.2, -0.15) is 0 Å². The topological polar surface area (TPSA) is 58.9 Å². The molecule has 0 saturated heterocycles. The van der Waals surface area contributed by atoms with E-state index in [0.717, 1.165) is 56.2 Å². The van der Waals surface area contributed by atoms with Gasteiger partial charge in [0.15, 0.2) is 0 Å². The van der Waals surface area contributed by atoms with Gasteiger partial charge in [-0.25, -0.2) is 0 Å². The maximum absolute atomic E-state index is 14.2. The van der Waals surface area contributed by atoms with E-state index in [1.54, 1.807) is 5.57 Å². The van der Waals surface area contributed by atoms with Gasteiger partial charge in [-0.1, -0.05) is 95.6 Å². The molecule has 41 heavy (non-hydrogen) atoms. The molecule has 0 radical (unpaired) electrons. The van der Waals surface area contributed by atoms with E-state index in [-0.39, 0.29) is 33.5 Å². The van der Waals surface area contributed by atoms with Gasteiger partial charge in [-0.05, 0) is 115 Å². The second kappa shape index (κ2) is 9.71. The first-order chi connectivity index (χ1) is 19.3. The van der Waals surface area contributed by atoms with Gasteiger partial charge in [0.25, 0.3) is 0 Å². The van der Waals surface area contributed by atoms with Crippen LogP contribution in [0.25, 0.3) is 0 Å². The number of carbonyl (C=O) groups excluding carboxylic acids is 1. The lowest BCUT2D eigenvalue weighted by atomic mass is 9.33. The minimum absolute atomic E-state index is 0.0360. The molecule has 0 amide bonds. The lowest BCUT2D eigenvalue weighted by molar-refractivity contribution is -0.186. The molecule has 0 heterocycles. The molecular formula is C37H53NO3. The SMILES string of the molecule is C[C@@H]1CC[C@]2(C(=O)OCc3ccccc3)CC[C@]3(C)C(=CCC4[C@@]5(C)C/C(=N/O)CC(C)(C)C5CC[C@]43C)C2[C@H]1C. The van der Waals surface area contributed by atoms with Crippen LogP contribution < -0.4 is 0 Å². The Balaban J connectivity index is 1.39. The van der Waals surface area contributed by atoms with Crippen LogP contribution in [0.4, 0.5) is 0 Å². The fourth-order valence-electron chi connectivity index (χ4n) is 11.8. The quantitative estimate of drug-likeness (QED) is 0.174. The van der Waals surface area contributed by atoms with E-state index in [4.69, 9.17) is 4.74 Å². The second-order valence-electron chi connectivity index (χ2n) is 16.4. The Bertz CT molecular complexity index is 1250. The first-order valence-corrected chi connectivity index (χ1v) is 16.4. The van der Waals surface area contributed by atoms with Gasteiger partial charge in [0.05, 0.1) is 11.1 Å². The van der Waals surface area contributed by atoms with Crippen LogP contribution in [0.1, 0.15) is 112 Å². The normalized spacial score (nSPS) is 45.9. The number of benzene rings is 1. The van der Waals surface area contributed by atoms with Crippen molar-refractivity contribution >= 4 is 11.7 Å². The van der Waals surface area contributed by atoms with E-state index < -0.39 is 5.41 Å². The summed E-state index contributed by atoms with van der Waals surface area (Å²) in [6, 6.07) is 10.1. The van der Waals surface area contributed by atoms with Crippen LogP contribution in [0, 0.1) is 56.7 Å². The third-order valence-corrected chi connectivity index (χ3v) is 14.2. The molecule has 224 valence electrons. The summed E-state index contributed by atoms with van der Waals surface area (Å²) in [5, 5.41) is 13.8. The highest BCUT2D eigenvalue weighted by molar-refractivity contribution is 5.86. The van der Waals surface area contributed by atoms with E-state index in [1.807, 2.05) is 30.3 Å². The fourth-order valence-corrected chi connectivity index (χ4v) is 11.8. The summed E-state index contributed by atoms with van der Waals surface area (Å²) in [7, 11) is 0. The van der Waals surface area contributed by atoms with Crippen LogP contribution in [-0.2, 0) is 16.1 Å². The lowest BCUT2D eigenvalue weighted by Crippen LogP contribution is -2.65. The first-order valence-electron chi connectivity index (χ1n) is 16.4. The number of hydrogen-bond acceptors (Lipinski definition) is 4. The van der Waals surface area contributed by atoms with Crippen molar-refractivity contribution in [1.29, 1.82) is 0 Å². The number of nitrogens with zero attached hydrogens (tertiary/aromatic N) is 1. The molecular weight excluding hydrogens is 506 g/mol. The van der Waals surface area contributed by atoms with Gasteiger partial charge in [0.1, 0.15) is 6.61 Å². The fraction of sp³-hybridized carbons (Fsp3) is 0.730. The number of oxime groups is 1.